The van der Waals surface area contributed by atoms with Crippen molar-refractivity contribution in [1.82, 2.24) is 0 Å². The second-order valence-corrected chi connectivity index (χ2v) is 3.86. The van der Waals surface area contributed by atoms with Crippen LogP contribution in [0.25, 0.3) is 0 Å². The lowest BCUT2D eigenvalue weighted by Crippen LogP contribution is -2.34. The van der Waals surface area contributed by atoms with Gasteiger partial charge in [0.25, 0.3) is 0 Å². The third kappa shape index (κ3) is 3.57. The average Bonchev–Trinajstić information content (AvgIpc) is 2.00. The van der Waals surface area contributed by atoms with Gasteiger partial charge in [0.15, 0.2) is 0 Å². The van der Waals surface area contributed by atoms with Crippen molar-refractivity contribution >= 4 is 0 Å². The van der Waals surface area contributed by atoms with E-state index in [9.17, 15) is 0 Å². The second-order valence-electron chi connectivity index (χ2n) is 3.86. The first-order valence-corrected chi connectivity index (χ1v) is 5.27. The molecule has 1 fully saturated rings. The molecule has 0 aromatic heterocycles. The van der Waals surface area contributed by atoms with Crippen LogP contribution in [0.3, 0.4) is 0 Å². The molecule has 1 heterocycles. The lowest BCUT2D eigenvalue weighted by atomic mass is 10.00. The summed E-state index contributed by atoms with van der Waals surface area (Å²) in [5.41, 5.74) is 0. The van der Waals surface area contributed by atoms with Gasteiger partial charge in [-0.3, -0.25) is 0 Å². The normalized spacial score (nSPS) is 28.5. The van der Waals surface area contributed by atoms with Crippen LogP contribution in [0.1, 0.15) is 51.9 Å². The zero-order valence-corrected chi connectivity index (χ0v) is 8.22. The Morgan fingerprint density at radius 1 is 1.25 bits per heavy atom. The summed E-state index contributed by atoms with van der Waals surface area (Å²) in [7, 11) is 0. The molecule has 0 aliphatic carbocycles. The van der Waals surface area contributed by atoms with Crippen LogP contribution >= 0.6 is 0 Å². The molecule has 0 aromatic rings. The highest BCUT2D eigenvalue weighted by Crippen LogP contribution is 2.24. The minimum atomic E-state index is 0.537. The van der Waals surface area contributed by atoms with E-state index < -0.39 is 0 Å². The Bertz CT molecular complexity index is 106. The quantitative estimate of drug-likeness (QED) is 0.554. The first kappa shape index (κ1) is 10.0. The molecule has 0 spiro atoms. The third-order valence-electron chi connectivity index (χ3n) is 2.55. The summed E-state index contributed by atoms with van der Waals surface area (Å²) >= 11 is 0. The lowest BCUT2D eigenvalue weighted by molar-refractivity contribution is -0.117. The molecule has 1 aliphatic heterocycles. The van der Waals surface area contributed by atoms with Gasteiger partial charge in [-0.2, -0.15) is 0 Å². The van der Waals surface area contributed by atoms with Gasteiger partial charge in [-0.15, -0.1) is 0 Å². The molecule has 0 saturated carbocycles. The van der Waals surface area contributed by atoms with Crippen molar-refractivity contribution in [3.8, 4) is 0 Å². The van der Waals surface area contributed by atoms with Crippen LogP contribution < -0.4 is 0 Å². The molecule has 0 N–H and O–H groups in total. The average molecular weight is 169 g/mol. The Balaban J connectivity index is 1.77. The smallest absolute Gasteiger partial charge is 0.0603 e. The van der Waals surface area contributed by atoms with Crippen LogP contribution in [0.15, 0.2) is 0 Å². The molecule has 0 bridgehead atoms. The standard InChI is InChI=1S/C11H21O/c1-3-4-5-6-7-8-11-9-10(2)12-11/h10-11H,1,3-9H2,2H3. The van der Waals surface area contributed by atoms with E-state index in [1.165, 1.54) is 38.5 Å². The van der Waals surface area contributed by atoms with Gasteiger partial charge in [-0.25, -0.2) is 0 Å². The zero-order valence-electron chi connectivity index (χ0n) is 8.22. The Morgan fingerprint density at radius 3 is 2.50 bits per heavy atom. The molecule has 1 aliphatic rings. The number of hydrogen-bond acceptors (Lipinski definition) is 1. The number of unbranched alkanes of at least 4 members (excludes halogenated alkanes) is 4. The highest BCUT2D eigenvalue weighted by Gasteiger charge is 2.24. The highest BCUT2D eigenvalue weighted by atomic mass is 16.5. The summed E-state index contributed by atoms with van der Waals surface area (Å²) < 4.78 is 5.53. The minimum Gasteiger partial charge on any atom is -0.375 e. The van der Waals surface area contributed by atoms with Crippen molar-refractivity contribution in [2.75, 3.05) is 0 Å². The molecule has 2 unspecified atom stereocenters. The van der Waals surface area contributed by atoms with Gasteiger partial charge in [0.1, 0.15) is 0 Å². The van der Waals surface area contributed by atoms with E-state index in [0.717, 1.165) is 6.42 Å². The van der Waals surface area contributed by atoms with Crippen LogP contribution in [-0.4, -0.2) is 12.2 Å². The van der Waals surface area contributed by atoms with Crippen LogP contribution in [0.5, 0.6) is 0 Å². The molecule has 12 heavy (non-hydrogen) atoms. The van der Waals surface area contributed by atoms with Gasteiger partial charge in [0, 0.05) is 0 Å². The Kier molecular flexibility index (Phi) is 4.67. The first-order chi connectivity index (χ1) is 5.83. The third-order valence-corrected chi connectivity index (χ3v) is 2.55. The van der Waals surface area contributed by atoms with Gasteiger partial charge in [-0.05, 0) is 19.8 Å². The van der Waals surface area contributed by atoms with Gasteiger partial charge < -0.3 is 4.74 Å². The minimum absolute atomic E-state index is 0.537. The molecule has 1 saturated heterocycles. The molecule has 1 radical (unpaired) electrons. The predicted octanol–water partition coefficient (Wildman–Crippen LogP) is 3.34. The maximum absolute atomic E-state index is 5.53. The van der Waals surface area contributed by atoms with E-state index in [2.05, 4.69) is 13.8 Å². The second kappa shape index (κ2) is 5.58. The summed E-state index contributed by atoms with van der Waals surface area (Å²) in [6.45, 7) is 5.98. The molecule has 2 atom stereocenters. The summed E-state index contributed by atoms with van der Waals surface area (Å²) in [5.74, 6) is 0. The number of hydrogen-bond donors (Lipinski definition) is 0. The van der Waals surface area contributed by atoms with Crippen molar-refractivity contribution in [2.45, 2.75) is 64.1 Å². The van der Waals surface area contributed by atoms with E-state index >= 15 is 0 Å². The van der Waals surface area contributed by atoms with E-state index in [0.29, 0.717) is 12.2 Å². The van der Waals surface area contributed by atoms with E-state index in [4.69, 9.17) is 4.74 Å². The van der Waals surface area contributed by atoms with E-state index in [-0.39, 0.29) is 0 Å². The highest BCUT2D eigenvalue weighted by molar-refractivity contribution is 4.73. The zero-order chi connectivity index (χ0) is 8.81. The van der Waals surface area contributed by atoms with Crippen LogP contribution in [0.2, 0.25) is 0 Å². The van der Waals surface area contributed by atoms with Gasteiger partial charge >= 0.3 is 0 Å². The van der Waals surface area contributed by atoms with Crippen molar-refractivity contribution in [1.29, 1.82) is 0 Å². The fourth-order valence-electron chi connectivity index (χ4n) is 1.78. The maximum Gasteiger partial charge on any atom is 0.0603 e. The predicted molar refractivity (Wildman–Crippen MR) is 52.0 cm³/mol. The summed E-state index contributed by atoms with van der Waals surface area (Å²) in [6.07, 6.45) is 10.2. The lowest BCUT2D eigenvalue weighted by Gasteiger charge is -2.33. The SMILES string of the molecule is [CH2]CCCCCCC1CC(C)O1. The monoisotopic (exact) mass is 169 g/mol. The molecule has 1 rings (SSSR count). The fraction of sp³-hybridized carbons (Fsp3) is 0.909. The maximum atomic E-state index is 5.53. The molecule has 1 heteroatoms. The van der Waals surface area contributed by atoms with Crippen molar-refractivity contribution < 1.29 is 4.74 Å². The molecular weight excluding hydrogens is 148 g/mol. The first-order valence-electron chi connectivity index (χ1n) is 5.27. The number of rotatable bonds is 6. The molecule has 1 nitrogen and oxygen atoms in total. The molecule has 0 aromatic carbocycles. The number of ether oxygens (including phenoxy) is 1. The van der Waals surface area contributed by atoms with Crippen molar-refractivity contribution in [3.05, 3.63) is 6.92 Å². The Labute approximate surface area is 76.5 Å². The van der Waals surface area contributed by atoms with Gasteiger partial charge in [0.05, 0.1) is 12.2 Å². The summed E-state index contributed by atoms with van der Waals surface area (Å²) in [5, 5.41) is 0. The molecular formula is C11H21O. The van der Waals surface area contributed by atoms with Crippen LogP contribution in [0.4, 0.5) is 0 Å². The summed E-state index contributed by atoms with van der Waals surface area (Å²) in [6, 6.07) is 0. The fourth-order valence-corrected chi connectivity index (χ4v) is 1.78. The topological polar surface area (TPSA) is 9.23 Å². The van der Waals surface area contributed by atoms with Crippen LogP contribution in [0, 0.1) is 6.92 Å². The Morgan fingerprint density at radius 2 is 1.92 bits per heavy atom. The van der Waals surface area contributed by atoms with Gasteiger partial charge in [-0.1, -0.05) is 39.0 Å². The van der Waals surface area contributed by atoms with Crippen molar-refractivity contribution in [2.24, 2.45) is 0 Å². The molecule has 0 amide bonds. The van der Waals surface area contributed by atoms with E-state index in [1.54, 1.807) is 0 Å². The van der Waals surface area contributed by atoms with Crippen molar-refractivity contribution in [3.63, 3.8) is 0 Å². The summed E-state index contributed by atoms with van der Waals surface area (Å²) in [4.78, 5) is 0. The van der Waals surface area contributed by atoms with Crippen LogP contribution in [-0.2, 0) is 4.74 Å². The molecule has 71 valence electrons. The van der Waals surface area contributed by atoms with Gasteiger partial charge in [0.2, 0.25) is 0 Å². The largest absolute Gasteiger partial charge is 0.375 e. The van der Waals surface area contributed by atoms with E-state index in [1.807, 2.05) is 0 Å². The Hall–Kier alpha value is -0.0400.